The second-order valence-corrected chi connectivity index (χ2v) is 8.81. The largest absolute Gasteiger partial charge is 0.507 e. The Morgan fingerprint density at radius 2 is 1.41 bits per heavy atom. The van der Waals surface area contributed by atoms with Gasteiger partial charge in [-0.2, -0.15) is 0 Å². The summed E-state index contributed by atoms with van der Waals surface area (Å²) in [5, 5.41) is 11.1. The molecule has 2 aromatic carbocycles. The second kappa shape index (κ2) is 12.3. The molecule has 0 amide bonds. The van der Waals surface area contributed by atoms with Crippen LogP contribution in [0.15, 0.2) is 79.1 Å². The normalized spacial score (nSPS) is 11.6. The van der Waals surface area contributed by atoms with Gasteiger partial charge in [0.1, 0.15) is 28.8 Å². The Bertz CT molecular complexity index is 1530. The summed E-state index contributed by atoms with van der Waals surface area (Å²) in [6.07, 6.45) is 1.16. The lowest BCUT2D eigenvalue weighted by atomic mass is 9.89. The van der Waals surface area contributed by atoms with Crippen LogP contribution in [0.5, 0.6) is 28.7 Å². The molecule has 0 saturated heterocycles. The molecule has 1 unspecified atom stereocenters. The van der Waals surface area contributed by atoms with Gasteiger partial charge in [0.15, 0.2) is 11.5 Å². The van der Waals surface area contributed by atoms with Crippen molar-refractivity contribution in [3.8, 4) is 28.7 Å². The molecule has 9 heteroatoms. The molecule has 0 fully saturated rings. The van der Waals surface area contributed by atoms with Crippen LogP contribution in [0.2, 0.25) is 0 Å². The van der Waals surface area contributed by atoms with Crippen molar-refractivity contribution in [2.24, 2.45) is 0 Å². The molecule has 0 aliphatic rings. The Morgan fingerprint density at radius 1 is 0.718 bits per heavy atom. The number of aryl methyl sites for hydroxylation is 2. The van der Waals surface area contributed by atoms with Gasteiger partial charge in [0.2, 0.25) is 0 Å². The standard InChI is InChI=1S/C30H30O9/c1-34-20-9-5-18(6-10-20)7-11-21-15-24(31)29(30(33)38-21)23(26-16-22(35-2)17-28(32)39-26)13-19-8-12-25(36-3)27(14-19)37-4/h5-6,8-10,12,14-17,23,31H,7,11,13H2,1-4H3. The lowest BCUT2D eigenvalue weighted by molar-refractivity contribution is 0.354. The van der Waals surface area contributed by atoms with E-state index in [9.17, 15) is 14.7 Å². The van der Waals surface area contributed by atoms with Crippen molar-refractivity contribution in [3.05, 3.63) is 110 Å². The fraction of sp³-hybridized carbons (Fsp3) is 0.267. The third-order valence-corrected chi connectivity index (χ3v) is 6.41. The van der Waals surface area contributed by atoms with E-state index in [0.29, 0.717) is 30.1 Å². The minimum Gasteiger partial charge on any atom is -0.507 e. The Hall–Kier alpha value is -4.66. The fourth-order valence-corrected chi connectivity index (χ4v) is 4.39. The summed E-state index contributed by atoms with van der Waals surface area (Å²) in [6.45, 7) is 0. The van der Waals surface area contributed by atoms with Crippen LogP contribution in [-0.2, 0) is 19.3 Å². The highest BCUT2D eigenvalue weighted by Gasteiger charge is 2.27. The first kappa shape index (κ1) is 27.4. The summed E-state index contributed by atoms with van der Waals surface area (Å²) >= 11 is 0. The minimum atomic E-state index is -0.863. The van der Waals surface area contributed by atoms with E-state index in [2.05, 4.69) is 0 Å². The van der Waals surface area contributed by atoms with E-state index in [-0.39, 0.29) is 29.2 Å². The molecule has 39 heavy (non-hydrogen) atoms. The predicted molar refractivity (Wildman–Crippen MR) is 144 cm³/mol. The molecule has 0 radical (unpaired) electrons. The van der Waals surface area contributed by atoms with Crippen LogP contribution < -0.4 is 30.2 Å². The maximum Gasteiger partial charge on any atom is 0.343 e. The highest BCUT2D eigenvalue weighted by Crippen LogP contribution is 2.36. The second-order valence-electron chi connectivity index (χ2n) is 8.81. The molecule has 0 aliphatic heterocycles. The number of hydrogen-bond donors (Lipinski definition) is 1. The van der Waals surface area contributed by atoms with Gasteiger partial charge in [-0.05, 0) is 48.2 Å². The number of hydrogen-bond acceptors (Lipinski definition) is 9. The van der Waals surface area contributed by atoms with E-state index in [4.69, 9.17) is 27.8 Å². The molecular formula is C30H30O9. The highest BCUT2D eigenvalue weighted by molar-refractivity contribution is 5.45. The van der Waals surface area contributed by atoms with Crippen molar-refractivity contribution < 1.29 is 32.9 Å². The van der Waals surface area contributed by atoms with Crippen LogP contribution in [0, 0.1) is 0 Å². The lowest BCUT2D eigenvalue weighted by Crippen LogP contribution is -2.18. The average Bonchev–Trinajstić information content (AvgIpc) is 2.94. The molecule has 2 aromatic heterocycles. The highest BCUT2D eigenvalue weighted by atomic mass is 16.5. The lowest BCUT2D eigenvalue weighted by Gasteiger charge is -2.18. The summed E-state index contributed by atoms with van der Waals surface area (Å²) < 4.78 is 32.3. The van der Waals surface area contributed by atoms with Gasteiger partial charge in [-0.15, -0.1) is 0 Å². The van der Waals surface area contributed by atoms with Gasteiger partial charge in [0.25, 0.3) is 0 Å². The van der Waals surface area contributed by atoms with Gasteiger partial charge in [-0.1, -0.05) is 18.2 Å². The van der Waals surface area contributed by atoms with Crippen molar-refractivity contribution in [3.63, 3.8) is 0 Å². The van der Waals surface area contributed by atoms with Crippen LogP contribution >= 0.6 is 0 Å². The first-order chi connectivity index (χ1) is 18.8. The molecule has 1 atom stereocenters. The van der Waals surface area contributed by atoms with E-state index in [1.165, 1.54) is 39.5 Å². The quantitative estimate of drug-likeness (QED) is 0.297. The topological polar surface area (TPSA) is 118 Å². The van der Waals surface area contributed by atoms with Gasteiger partial charge in [-0.3, -0.25) is 0 Å². The fourth-order valence-electron chi connectivity index (χ4n) is 4.39. The molecule has 0 spiro atoms. The molecule has 1 N–H and O–H groups in total. The van der Waals surface area contributed by atoms with E-state index in [1.807, 2.05) is 24.3 Å². The van der Waals surface area contributed by atoms with E-state index in [1.54, 1.807) is 25.3 Å². The number of benzene rings is 2. The van der Waals surface area contributed by atoms with Crippen LogP contribution in [0.3, 0.4) is 0 Å². The molecule has 4 rings (SSSR count). The molecule has 204 valence electrons. The third-order valence-electron chi connectivity index (χ3n) is 6.41. The maximum absolute atomic E-state index is 13.3. The zero-order chi connectivity index (χ0) is 27.9. The molecular weight excluding hydrogens is 504 g/mol. The Balaban J connectivity index is 1.71. The van der Waals surface area contributed by atoms with Crippen LogP contribution in [0.25, 0.3) is 0 Å². The minimum absolute atomic E-state index is 0.0330. The zero-order valence-corrected chi connectivity index (χ0v) is 22.2. The number of aromatic hydroxyl groups is 1. The van der Waals surface area contributed by atoms with Gasteiger partial charge in [-0.25, -0.2) is 9.59 Å². The van der Waals surface area contributed by atoms with Crippen molar-refractivity contribution in [2.75, 3.05) is 28.4 Å². The molecule has 0 aliphatic carbocycles. The van der Waals surface area contributed by atoms with Crippen LogP contribution in [0.1, 0.15) is 34.1 Å². The number of methoxy groups -OCH3 is 4. The number of rotatable bonds is 11. The summed E-state index contributed by atoms with van der Waals surface area (Å²) in [5.74, 6) is 1.39. The van der Waals surface area contributed by atoms with E-state index >= 15 is 0 Å². The van der Waals surface area contributed by atoms with Crippen LogP contribution in [0.4, 0.5) is 0 Å². The Morgan fingerprint density at radius 3 is 2.05 bits per heavy atom. The Labute approximate surface area is 225 Å². The average molecular weight is 535 g/mol. The molecule has 9 nitrogen and oxygen atoms in total. The Kier molecular flexibility index (Phi) is 8.60. The SMILES string of the molecule is COc1ccc(CCc2cc(O)c(C(Cc3ccc(OC)c(OC)c3)c3cc(OC)cc(=O)o3)c(=O)o2)cc1. The van der Waals surface area contributed by atoms with Crippen molar-refractivity contribution in [1.82, 2.24) is 0 Å². The molecule has 4 aromatic rings. The summed E-state index contributed by atoms with van der Waals surface area (Å²) in [5.41, 5.74) is 0.351. The first-order valence-corrected chi connectivity index (χ1v) is 12.2. The maximum atomic E-state index is 13.3. The van der Waals surface area contributed by atoms with Gasteiger partial charge < -0.3 is 32.9 Å². The molecule has 0 saturated carbocycles. The van der Waals surface area contributed by atoms with Gasteiger partial charge in [0, 0.05) is 18.6 Å². The van der Waals surface area contributed by atoms with Gasteiger partial charge in [0.05, 0.1) is 46.0 Å². The predicted octanol–water partition coefficient (Wildman–Crippen LogP) is 4.49. The first-order valence-electron chi connectivity index (χ1n) is 12.2. The summed E-state index contributed by atoms with van der Waals surface area (Å²) in [7, 11) is 6.07. The number of ether oxygens (including phenoxy) is 4. The van der Waals surface area contributed by atoms with Gasteiger partial charge >= 0.3 is 11.3 Å². The smallest absolute Gasteiger partial charge is 0.343 e. The third kappa shape index (κ3) is 6.43. The summed E-state index contributed by atoms with van der Waals surface area (Å²) in [4.78, 5) is 25.6. The van der Waals surface area contributed by atoms with Crippen molar-refractivity contribution >= 4 is 0 Å². The van der Waals surface area contributed by atoms with Crippen LogP contribution in [-0.4, -0.2) is 33.5 Å². The zero-order valence-electron chi connectivity index (χ0n) is 22.2. The summed E-state index contributed by atoms with van der Waals surface area (Å²) in [6, 6.07) is 17.0. The van der Waals surface area contributed by atoms with Crippen molar-refractivity contribution in [2.45, 2.75) is 25.2 Å². The van der Waals surface area contributed by atoms with E-state index in [0.717, 1.165) is 16.9 Å². The molecule has 2 heterocycles. The van der Waals surface area contributed by atoms with Crippen molar-refractivity contribution in [1.29, 1.82) is 0 Å². The monoisotopic (exact) mass is 534 g/mol. The molecule has 0 bridgehead atoms. The van der Waals surface area contributed by atoms with E-state index < -0.39 is 17.2 Å².